The molecular formula is C12H13ClO2S. The smallest absolute Gasteiger partial charge is 0.212 e. The fourth-order valence-electron chi connectivity index (χ4n) is 2.68. The topological polar surface area (TPSA) is 34.1 Å². The predicted molar refractivity (Wildman–Crippen MR) is 64.2 cm³/mol. The molecule has 2 nitrogen and oxygen atoms in total. The lowest BCUT2D eigenvalue weighted by Gasteiger charge is -2.32. The van der Waals surface area contributed by atoms with Crippen molar-refractivity contribution in [2.24, 2.45) is 0 Å². The van der Waals surface area contributed by atoms with Gasteiger partial charge in [0.15, 0.2) is 0 Å². The number of benzene rings is 1. The van der Waals surface area contributed by atoms with Gasteiger partial charge in [-0.15, -0.1) is 0 Å². The summed E-state index contributed by atoms with van der Waals surface area (Å²) in [6, 6.07) is 8.25. The van der Waals surface area contributed by atoms with E-state index in [2.05, 4.69) is 12.1 Å². The molecule has 4 heteroatoms. The van der Waals surface area contributed by atoms with E-state index >= 15 is 0 Å². The summed E-state index contributed by atoms with van der Waals surface area (Å²) in [4.78, 5) is 0. The van der Waals surface area contributed by atoms with E-state index in [9.17, 15) is 8.42 Å². The average Bonchev–Trinajstić information content (AvgIpc) is 2.94. The Labute approximate surface area is 100 Å². The standard InChI is InChI=1S/C12H13ClO2S/c13-16(14,15)12(5-6-12)8-10-7-9-3-1-2-4-11(9)10/h1-4,10H,5-8H2. The summed E-state index contributed by atoms with van der Waals surface area (Å²) in [5, 5.41) is 0. The largest absolute Gasteiger partial charge is 0.238 e. The number of rotatable bonds is 3. The molecule has 16 heavy (non-hydrogen) atoms. The van der Waals surface area contributed by atoms with Crippen LogP contribution >= 0.6 is 10.7 Å². The molecule has 0 radical (unpaired) electrons. The minimum atomic E-state index is -3.39. The van der Waals surface area contributed by atoms with Gasteiger partial charge in [-0.25, -0.2) is 8.42 Å². The zero-order valence-corrected chi connectivity index (χ0v) is 10.4. The summed E-state index contributed by atoms with van der Waals surface area (Å²) < 4.78 is 22.3. The average molecular weight is 257 g/mol. The molecule has 1 saturated carbocycles. The van der Waals surface area contributed by atoms with E-state index in [1.165, 1.54) is 11.1 Å². The van der Waals surface area contributed by atoms with Gasteiger partial charge < -0.3 is 0 Å². The first-order chi connectivity index (χ1) is 7.52. The summed E-state index contributed by atoms with van der Waals surface area (Å²) in [6.45, 7) is 0. The molecular weight excluding hydrogens is 244 g/mol. The van der Waals surface area contributed by atoms with Crippen LogP contribution in [-0.4, -0.2) is 13.2 Å². The van der Waals surface area contributed by atoms with E-state index in [0.29, 0.717) is 12.3 Å². The van der Waals surface area contributed by atoms with Crippen molar-refractivity contribution >= 4 is 19.7 Å². The van der Waals surface area contributed by atoms with Gasteiger partial charge in [0.1, 0.15) is 0 Å². The van der Waals surface area contributed by atoms with E-state index in [0.717, 1.165) is 19.3 Å². The van der Waals surface area contributed by atoms with Gasteiger partial charge in [-0.3, -0.25) is 0 Å². The van der Waals surface area contributed by atoms with Crippen molar-refractivity contribution in [1.82, 2.24) is 0 Å². The van der Waals surface area contributed by atoms with Crippen LogP contribution in [0, 0.1) is 0 Å². The van der Waals surface area contributed by atoms with Gasteiger partial charge in [0, 0.05) is 10.7 Å². The highest BCUT2D eigenvalue weighted by Gasteiger charge is 2.55. The third-order valence-electron chi connectivity index (χ3n) is 3.90. The Morgan fingerprint density at radius 3 is 2.56 bits per heavy atom. The summed E-state index contributed by atoms with van der Waals surface area (Å²) >= 11 is 0. The molecule has 0 aromatic heterocycles. The second-order valence-electron chi connectivity index (χ2n) is 4.92. The van der Waals surface area contributed by atoms with Crippen LogP contribution in [0.25, 0.3) is 0 Å². The van der Waals surface area contributed by atoms with E-state index in [1.54, 1.807) is 0 Å². The third kappa shape index (κ3) is 1.49. The van der Waals surface area contributed by atoms with Crippen molar-refractivity contribution < 1.29 is 8.42 Å². The lowest BCUT2D eigenvalue weighted by molar-refractivity contribution is 0.515. The lowest BCUT2D eigenvalue weighted by Crippen LogP contribution is -2.27. The van der Waals surface area contributed by atoms with Gasteiger partial charge in [-0.05, 0) is 42.7 Å². The van der Waals surface area contributed by atoms with E-state index in [1.807, 2.05) is 12.1 Å². The molecule has 0 heterocycles. The molecule has 2 aliphatic carbocycles. The number of hydrogen-bond donors (Lipinski definition) is 0. The molecule has 0 N–H and O–H groups in total. The first kappa shape index (κ1) is 10.6. The monoisotopic (exact) mass is 256 g/mol. The molecule has 86 valence electrons. The maximum Gasteiger partial charge on any atom is 0.238 e. The lowest BCUT2D eigenvalue weighted by atomic mass is 9.75. The maximum atomic E-state index is 11.5. The van der Waals surface area contributed by atoms with Gasteiger partial charge in [0.25, 0.3) is 0 Å². The van der Waals surface area contributed by atoms with E-state index in [4.69, 9.17) is 10.7 Å². The minimum absolute atomic E-state index is 0.396. The van der Waals surface area contributed by atoms with Gasteiger partial charge in [-0.1, -0.05) is 24.3 Å². The number of halogens is 1. The summed E-state index contributed by atoms with van der Waals surface area (Å²) in [5.74, 6) is 0.396. The molecule has 0 spiro atoms. The quantitative estimate of drug-likeness (QED) is 0.780. The van der Waals surface area contributed by atoms with E-state index in [-0.39, 0.29) is 0 Å². The Balaban J connectivity index is 1.81. The molecule has 0 amide bonds. The van der Waals surface area contributed by atoms with Crippen molar-refractivity contribution in [2.45, 2.75) is 36.3 Å². The Bertz CT molecular complexity index is 532. The van der Waals surface area contributed by atoms with Crippen molar-refractivity contribution in [2.75, 3.05) is 0 Å². The highest BCUT2D eigenvalue weighted by molar-refractivity contribution is 8.15. The Morgan fingerprint density at radius 1 is 1.31 bits per heavy atom. The molecule has 0 bridgehead atoms. The Morgan fingerprint density at radius 2 is 2.00 bits per heavy atom. The van der Waals surface area contributed by atoms with Gasteiger partial charge >= 0.3 is 0 Å². The van der Waals surface area contributed by atoms with Crippen LogP contribution in [0.2, 0.25) is 0 Å². The molecule has 1 atom stereocenters. The third-order valence-corrected chi connectivity index (χ3v) is 6.50. The zero-order valence-electron chi connectivity index (χ0n) is 8.82. The van der Waals surface area contributed by atoms with Crippen LogP contribution in [0.3, 0.4) is 0 Å². The van der Waals surface area contributed by atoms with Gasteiger partial charge in [0.2, 0.25) is 9.05 Å². The summed E-state index contributed by atoms with van der Waals surface area (Å²) in [7, 11) is 2.12. The highest BCUT2D eigenvalue weighted by Crippen LogP contribution is 2.54. The van der Waals surface area contributed by atoms with Gasteiger partial charge in [-0.2, -0.15) is 0 Å². The van der Waals surface area contributed by atoms with Crippen LogP contribution in [0.4, 0.5) is 0 Å². The van der Waals surface area contributed by atoms with Crippen LogP contribution < -0.4 is 0 Å². The van der Waals surface area contributed by atoms with Crippen LogP contribution in [0.1, 0.15) is 36.3 Å². The molecule has 1 aromatic carbocycles. The van der Waals surface area contributed by atoms with Crippen molar-refractivity contribution in [1.29, 1.82) is 0 Å². The normalized spacial score (nSPS) is 25.7. The summed E-state index contributed by atoms with van der Waals surface area (Å²) in [5.41, 5.74) is 2.67. The van der Waals surface area contributed by atoms with Gasteiger partial charge in [0.05, 0.1) is 4.75 Å². The molecule has 1 unspecified atom stereocenters. The Hall–Kier alpha value is -0.540. The maximum absolute atomic E-state index is 11.5. The minimum Gasteiger partial charge on any atom is -0.212 e. The highest BCUT2D eigenvalue weighted by atomic mass is 35.7. The molecule has 2 aliphatic rings. The molecule has 1 fully saturated rings. The first-order valence-corrected chi connectivity index (χ1v) is 7.85. The SMILES string of the molecule is O=S(=O)(Cl)C1(CC2Cc3ccccc32)CC1. The molecule has 3 rings (SSSR count). The fourth-order valence-corrected chi connectivity index (χ4v) is 4.32. The van der Waals surface area contributed by atoms with E-state index < -0.39 is 13.8 Å². The van der Waals surface area contributed by atoms with Crippen molar-refractivity contribution in [3.63, 3.8) is 0 Å². The second-order valence-corrected chi connectivity index (χ2v) is 7.89. The van der Waals surface area contributed by atoms with Crippen LogP contribution in [0.15, 0.2) is 24.3 Å². The number of hydrogen-bond acceptors (Lipinski definition) is 2. The van der Waals surface area contributed by atoms with Crippen LogP contribution in [0.5, 0.6) is 0 Å². The number of fused-ring (bicyclic) bond motifs is 1. The van der Waals surface area contributed by atoms with Crippen molar-refractivity contribution in [3.8, 4) is 0 Å². The first-order valence-electron chi connectivity index (χ1n) is 5.54. The fraction of sp³-hybridized carbons (Fsp3) is 0.500. The van der Waals surface area contributed by atoms with Crippen LogP contribution in [-0.2, 0) is 15.5 Å². The predicted octanol–water partition coefficient (Wildman–Crippen LogP) is 2.82. The molecule has 1 aromatic rings. The molecule has 0 saturated heterocycles. The Kier molecular flexibility index (Phi) is 2.14. The zero-order chi connectivity index (χ0) is 11.4. The molecule has 0 aliphatic heterocycles. The van der Waals surface area contributed by atoms with Crippen molar-refractivity contribution in [3.05, 3.63) is 35.4 Å². The summed E-state index contributed by atoms with van der Waals surface area (Å²) in [6.07, 6.45) is 3.18. The second kappa shape index (κ2) is 3.23.